The number of fused-ring (bicyclic) bond motifs is 2. The van der Waals surface area contributed by atoms with E-state index in [4.69, 9.17) is 10.5 Å². The van der Waals surface area contributed by atoms with Crippen molar-refractivity contribution in [1.82, 2.24) is 4.90 Å². The minimum atomic E-state index is 0.692. The minimum absolute atomic E-state index is 0.692. The largest absolute Gasteiger partial charge is 0.381 e. The van der Waals surface area contributed by atoms with Gasteiger partial charge < -0.3 is 15.4 Å². The molecule has 2 saturated heterocycles. The quantitative estimate of drug-likeness (QED) is 0.664. The maximum Gasteiger partial charge on any atom is 0.0509 e. The van der Waals surface area contributed by atoms with Crippen molar-refractivity contribution in [2.45, 2.75) is 6.92 Å². The van der Waals surface area contributed by atoms with Crippen molar-refractivity contribution in [3.05, 3.63) is 0 Å². The number of likely N-dealkylation sites (tertiary alicyclic amines) is 1. The third-order valence-electron chi connectivity index (χ3n) is 3.58. The molecule has 0 spiro atoms. The van der Waals surface area contributed by atoms with Gasteiger partial charge >= 0.3 is 0 Å². The topological polar surface area (TPSA) is 38.5 Å². The molecule has 2 rings (SSSR count). The molecule has 0 radical (unpaired) electrons. The van der Waals surface area contributed by atoms with E-state index in [1.165, 1.54) is 19.6 Å². The summed E-state index contributed by atoms with van der Waals surface area (Å²) in [7, 11) is 0. The van der Waals surface area contributed by atoms with Gasteiger partial charge in [0, 0.05) is 13.1 Å². The van der Waals surface area contributed by atoms with Gasteiger partial charge in [0.25, 0.3) is 0 Å². The lowest BCUT2D eigenvalue weighted by molar-refractivity contribution is -0.0786. The second-order valence-electron chi connectivity index (χ2n) is 4.31. The molecule has 2 atom stereocenters. The van der Waals surface area contributed by atoms with Crippen LogP contribution in [-0.2, 0) is 4.74 Å². The molecular formula is C10H20N2O. The van der Waals surface area contributed by atoms with Gasteiger partial charge in [-0.25, -0.2) is 0 Å². The minimum Gasteiger partial charge on any atom is -0.381 e. The second kappa shape index (κ2) is 3.95. The van der Waals surface area contributed by atoms with E-state index in [9.17, 15) is 0 Å². The van der Waals surface area contributed by atoms with E-state index in [2.05, 4.69) is 11.8 Å². The maximum atomic E-state index is 5.81. The van der Waals surface area contributed by atoms with Crippen LogP contribution in [0.2, 0.25) is 0 Å². The first-order valence-electron chi connectivity index (χ1n) is 5.35. The molecule has 76 valence electrons. The van der Waals surface area contributed by atoms with Gasteiger partial charge in [0.1, 0.15) is 0 Å². The zero-order chi connectivity index (χ0) is 9.26. The molecule has 0 aromatic carbocycles. The summed E-state index contributed by atoms with van der Waals surface area (Å²) in [5, 5.41) is 0. The lowest BCUT2D eigenvalue weighted by Gasteiger charge is -2.46. The van der Waals surface area contributed by atoms with Gasteiger partial charge in [0.2, 0.25) is 0 Å². The molecule has 0 saturated carbocycles. The lowest BCUT2D eigenvalue weighted by atomic mass is 9.76. The number of ether oxygens (including phenoxy) is 1. The molecule has 0 amide bonds. The molecule has 13 heavy (non-hydrogen) atoms. The number of nitrogens with zero attached hydrogens (tertiary/aromatic N) is 1. The Labute approximate surface area is 80.2 Å². The molecule has 0 aliphatic carbocycles. The number of piperidine rings is 1. The molecule has 2 bridgehead atoms. The fraction of sp³-hybridized carbons (Fsp3) is 1.00. The number of hydrogen-bond acceptors (Lipinski definition) is 3. The average Bonchev–Trinajstić information content (AvgIpc) is 2.15. The van der Waals surface area contributed by atoms with E-state index in [0.717, 1.165) is 25.7 Å². The Balaban J connectivity index is 2.03. The van der Waals surface area contributed by atoms with E-state index in [0.29, 0.717) is 11.8 Å². The third-order valence-corrected chi connectivity index (χ3v) is 3.58. The molecule has 2 heterocycles. The molecule has 3 heteroatoms. The molecule has 2 aliphatic rings. The van der Waals surface area contributed by atoms with Crippen molar-refractivity contribution in [3.63, 3.8) is 0 Å². The smallest absolute Gasteiger partial charge is 0.0509 e. The van der Waals surface area contributed by atoms with E-state index < -0.39 is 0 Å². The van der Waals surface area contributed by atoms with Crippen LogP contribution >= 0.6 is 0 Å². The van der Waals surface area contributed by atoms with Crippen molar-refractivity contribution in [3.8, 4) is 0 Å². The summed E-state index contributed by atoms with van der Waals surface area (Å²) in [4.78, 5) is 2.53. The van der Waals surface area contributed by atoms with E-state index in [1.807, 2.05) is 0 Å². The molecule has 0 aromatic rings. The van der Waals surface area contributed by atoms with E-state index >= 15 is 0 Å². The highest BCUT2D eigenvalue weighted by molar-refractivity contribution is 4.89. The summed E-state index contributed by atoms with van der Waals surface area (Å²) in [5.41, 5.74) is 5.81. The molecule has 2 unspecified atom stereocenters. The summed E-state index contributed by atoms with van der Waals surface area (Å²) in [6.07, 6.45) is 0. The summed E-state index contributed by atoms with van der Waals surface area (Å²) < 4.78 is 5.58. The van der Waals surface area contributed by atoms with Gasteiger partial charge in [-0.2, -0.15) is 0 Å². The number of rotatable bonds is 2. The van der Waals surface area contributed by atoms with Crippen molar-refractivity contribution < 1.29 is 4.74 Å². The average molecular weight is 184 g/mol. The summed E-state index contributed by atoms with van der Waals surface area (Å²) in [6, 6.07) is 0. The van der Waals surface area contributed by atoms with Gasteiger partial charge in [0.05, 0.1) is 13.2 Å². The van der Waals surface area contributed by atoms with Crippen LogP contribution in [0, 0.1) is 17.8 Å². The molecule has 2 aliphatic heterocycles. The Hall–Kier alpha value is -0.120. The van der Waals surface area contributed by atoms with Crippen molar-refractivity contribution in [1.29, 1.82) is 0 Å². The Kier molecular flexibility index (Phi) is 2.86. The highest BCUT2D eigenvalue weighted by Gasteiger charge is 2.38. The van der Waals surface area contributed by atoms with Crippen LogP contribution in [0.15, 0.2) is 0 Å². The van der Waals surface area contributed by atoms with Crippen LogP contribution in [0.1, 0.15) is 6.92 Å². The van der Waals surface area contributed by atoms with Crippen LogP contribution < -0.4 is 5.73 Å². The first-order valence-corrected chi connectivity index (χ1v) is 5.35. The van der Waals surface area contributed by atoms with Gasteiger partial charge in [-0.3, -0.25) is 0 Å². The highest BCUT2D eigenvalue weighted by Crippen LogP contribution is 2.32. The Morgan fingerprint density at radius 3 is 2.38 bits per heavy atom. The van der Waals surface area contributed by atoms with Gasteiger partial charge in [-0.15, -0.1) is 0 Å². The first-order chi connectivity index (χ1) is 6.35. The van der Waals surface area contributed by atoms with Crippen LogP contribution in [0.4, 0.5) is 0 Å². The standard InChI is InChI=1S/C10H20N2O/c1-2-12-4-8-6-13-7-9(5-12)10(8)3-11/h8-10H,2-7,11H2,1H3. The number of hydrogen-bond donors (Lipinski definition) is 1. The van der Waals surface area contributed by atoms with Crippen molar-refractivity contribution in [2.75, 3.05) is 39.4 Å². The predicted molar refractivity (Wildman–Crippen MR) is 52.5 cm³/mol. The third kappa shape index (κ3) is 1.73. The Morgan fingerprint density at radius 1 is 1.31 bits per heavy atom. The van der Waals surface area contributed by atoms with Crippen LogP contribution in [-0.4, -0.2) is 44.3 Å². The molecule has 3 nitrogen and oxygen atoms in total. The Morgan fingerprint density at radius 2 is 1.92 bits per heavy atom. The summed E-state index contributed by atoms with van der Waals surface area (Å²) in [5.74, 6) is 2.10. The van der Waals surface area contributed by atoms with E-state index in [1.54, 1.807) is 0 Å². The van der Waals surface area contributed by atoms with Crippen LogP contribution in [0.3, 0.4) is 0 Å². The summed E-state index contributed by atoms with van der Waals surface area (Å²) in [6.45, 7) is 8.48. The highest BCUT2D eigenvalue weighted by atomic mass is 16.5. The zero-order valence-corrected chi connectivity index (χ0v) is 8.41. The maximum absolute atomic E-state index is 5.81. The van der Waals surface area contributed by atoms with Crippen LogP contribution in [0.5, 0.6) is 0 Å². The molecular weight excluding hydrogens is 164 g/mol. The molecule has 2 fully saturated rings. The molecule has 0 aromatic heterocycles. The fourth-order valence-corrected chi connectivity index (χ4v) is 2.76. The fourth-order valence-electron chi connectivity index (χ4n) is 2.76. The SMILES string of the molecule is CCN1CC2COCC(C1)C2CN. The van der Waals surface area contributed by atoms with Gasteiger partial charge in [-0.1, -0.05) is 6.92 Å². The van der Waals surface area contributed by atoms with Gasteiger partial charge in [-0.05, 0) is 30.8 Å². The zero-order valence-electron chi connectivity index (χ0n) is 8.41. The summed E-state index contributed by atoms with van der Waals surface area (Å²) >= 11 is 0. The predicted octanol–water partition coefficient (Wildman–Crippen LogP) is 0.159. The van der Waals surface area contributed by atoms with Crippen molar-refractivity contribution >= 4 is 0 Å². The number of nitrogens with two attached hydrogens (primary N) is 1. The van der Waals surface area contributed by atoms with E-state index in [-0.39, 0.29) is 0 Å². The second-order valence-corrected chi connectivity index (χ2v) is 4.31. The molecule has 2 N–H and O–H groups in total. The van der Waals surface area contributed by atoms with Gasteiger partial charge in [0.15, 0.2) is 0 Å². The normalized spacial score (nSPS) is 40.6. The monoisotopic (exact) mass is 184 g/mol. The first kappa shape index (κ1) is 9.44. The lowest BCUT2D eigenvalue weighted by Crippen LogP contribution is -2.54. The Bertz CT molecular complexity index is 160. The van der Waals surface area contributed by atoms with Crippen LogP contribution in [0.25, 0.3) is 0 Å². The van der Waals surface area contributed by atoms with Crippen molar-refractivity contribution in [2.24, 2.45) is 23.5 Å².